The fourth-order valence-electron chi connectivity index (χ4n) is 1.43. The quantitative estimate of drug-likeness (QED) is 0.329. The molecule has 6 nitrogen and oxygen atoms in total. The Bertz CT molecular complexity index is 865. The van der Waals surface area contributed by atoms with Crippen LogP contribution in [0.5, 0.6) is 0 Å². The van der Waals surface area contributed by atoms with E-state index in [1.807, 2.05) is 16.8 Å². The molecule has 0 bridgehead atoms. The van der Waals surface area contributed by atoms with Crippen LogP contribution in [-0.2, 0) is 0 Å². The van der Waals surface area contributed by atoms with Crippen molar-refractivity contribution < 1.29 is 18.9 Å². The number of thiazole rings is 2. The van der Waals surface area contributed by atoms with Crippen LogP contribution in [0.25, 0.3) is 10.6 Å². The van der Waals surface area contributed by atoms with E-state index in [9.17, 15) is 0 Å². The molecule has 4 rings (SSSR count). The van der Waals surface area contributed by atoms with Crippen molar-refractivity contribution in [3.8, 4) is 10.6 Å². The van der Waals surface area contributed by atoms with E-state index in [0.717, 1.165) is 23.7 Å². The smallest absolute Gasteiger partial charge is 0.473 e. The fraction of sp³-hybridized carbons (Fsp3) is 0. The first kappa shape index (κ1) is 21.5. The average molecular weight is 585 g/mol. The third-order valence-corrected chi connectivity index (χ3v) is 6.21. The van der Waals surface area contributed by atoms with Gasteiger partial charge in [0.1, 0.15) is 20.5 Å². The van der Waals surface area contributed by atoms with Gasteiger partial charge in [-0.3, -0.25) is 0 Å². The van der Waals surface area contributed by atoms with Gasteiger partial charge in [0.05, 0.1) is 18.8 Å². The van der Waals surface area contributed by atoms with E-state index in [2.05, 4.69) is 62.2 Å². The Morgan fingerprint density at radius 1 is 0.885 bits per heavy atom. The molecule has 0 amide bonds. The van der Waals surface area contributed by atoms with Crippen molar-refractivity contribution in [3.05, 3.63) is 61.1 Å². The minimum Gasteiger partial charge on any atom is -0.473 e. The van der Waals surface area contributed by atoms with E-state index >= 15 is 0 Å². The first-order valence-electron chi connectivity index (χ1n) is 6.74. The van der Waals surface area contributed by atoms with Gasteiger partial charge in [-0.25, -0.2) is 9.97 Å². The van der Waals surface area contributed by atoms with Gasteiger partial charge in [-0.1, -0.05) is 0 Å². The normalized spacial score (nSPS) is 9.73. The Morgan fingerprint density at radius 3 is 1.88 bits per heavy atom. The second-order valence-electron chi connectivity index (χ2n) is 4.34. The number of rotatable bonds is 2. The maximum absolute atomic E-state index is 8.41. The Morgan fingerprint density at radius 2 is 1.54 bits per heavy atom. The highest BCUT2D eigenvalue weighted by Crippen LogP contribution is 2.25. The minimum atomic E-state index is -1.41. The molecule has 0 saturated heterocycles. The number of hydrogen-bond acceptors (Lipinski definition) is 8. The van der Waals surface area contributed by atoms with Gasteiger partial charge in [-0.2, -0.15) is 0 Å². The molecule has 0 aliphatic heterocycles. The van der Waals surface area contributed by atoms with Gasteiger partial charge in [0.15, 0.2) is 3.92 Å². The van der Waals surface area contributed by atoms with Crippen LogP contribution in [0.2, 0.25) is 0 Å². The lowest BCUT2D eigenvalue weighted by atomic mass is 9.83. The van der Waals surface area contributed by atoms with E-state index in [4.69, 9.17) is 14.5 Å². The molecule has 12 heteroatoms. The Hall–Kier alpha value is -0.755. The van der Waals surface area contributed by atoms with Crippen molar-refractivity contribution in [2.24, 2.45) is 0 Å². The molecule has 4 aromatic heterocycles. The SMILES string of the molecule is Brc1csc(-c2ccoc2)n1.Brc1csc(Br)n1.OB(O)c1ccoc1. The molecule has 0 aliphatic carbocycles. The molecule has 136 valence electrons. The molecule has 0 spiro atoms. The Balaban J connectivity index is 0.000000145. The van der Waals surface area contributed by atoms with Crippen LogP contribution in [0.15, 0.2) is 69.9 Å². The highest BCUT2D eigenvalue weighted by Gasteiger charge is 2.10. The number of nitrogens with zero attached hydrogens (tertiary/aromatic N) is 2. The molecule has 0 atom stereocenters. The monoisotopic (exact) mass is 582 g/mol. The molecule has 2 N–H and O–H groups in total. The maximum atomic E-state index is 8.41. The standard InChI is InChI=1S/C7H4BrNOS.C4H5BO3.C3HBr2NS/c8-6-4-11-7(9-6)5-1-2-10-3-5;6-5(7)4-1-2-8-3-4;4-2-1-7-3(5)6-2/h1-4H;1-3,6-7H;1H. The first-order valence-corrected chi connectivity index (χ1v) is 10.9. The topological polar surface area (TPSA) is 92.5 Å². The minimum absolute atomic E-state index is 0.380. The number of aromatic nitrogens is 2. The zero-order chi connectivity index (χ0) is 18.9. The summed E-state index contributed by atoms with van der Waals surface area (Å²) in [7, 11) is -1.41. The van der Waals surface area contributed by atoms with Crippen molar-refractivity contribution in [1.82, 2.24) is 9.97 Å². The van der Waals surface area contributed by atoms with Crippen LogP contribution in [0.1, 0.15) is 0 Å². The second kappa shape index (κ2) is 11.2. The van der Waals surface area contributed by atoms with E-state index in [0.29, 0.717) is 5.46 Å². The molecule has 0 aliphatic rings. The molecule has 0 aromatic carbocycles. The summed E-state index contributed by atoms with van der Waals surface area (Å²) >= 11 is 12.8. The summed E-state index contributed by atoms with van der Waals surface area (Å²) in [4.78, 5) is 8.19. The van der Waals surface area contributed by atoms with Crippen molar-refractivity contribution in [2.45, 2.75) is 0 Å². The van der Waals surface area contributed by atoms with Crippen LogP contribution in [0.3, 0.4) is 0 Å². The van der Waals surface area contributed by atoms with Crippen molar-refractivity contribution in [1.29, 1.82) is 0 Å². The van der Waals surface area contributed by atoms with Crippen LogP contribution in [-0.4, -0.2) is 27.1 Å². The molecule has 0 fully saturated rings. The zero-order valence-electron chi connectivity index (χ0n) is 12.8. The number of hydrogen-bond donors (Lipinski definition) is 2. The van der Waals surface area contributed by atoms with E-state index < -0.39 is 7.12 Å². The molecule has 26 heavy (non-hydrogen) atoms. The summed E-state index contributed by atoms with van der Waals surface area (Å²) in [6.07, 6.45) is 6.00. The molecule has 0 radical (unpaired) electrons. The van der Waals surface area contributed by atoms with Crippen molar-refractivity contribution in [3.63, 3.8) is 0 Å². The largest absolute Gasteiger partial charge is 0.491 e. The third kappa shape index (κ3) is 7.47. The molecular formula is C14H10BBr3N2O4S2. The van der Waals surface area contributed by atoms with Crippen LogP contribution < -0.4 is 5.46 Å². The first-order chi connectivity index (χ1) is 12.5. The van der Waals surface area contributed by atoms with Gasteiger partial charge in [0.25, 0.3) is 0 Å². The molecular weight excluding hydrogens is 575 g/mol. The van der Waals surface area contributed by atoms with Crippen molar-refractivity contribution >= 4 is 83.0 Å². The van der Waals surface area contributed by atoms with E-state index in [-0.39, 0.29) is 0 Å². The highest BCUT2D eigenvalue weighted by molar-refractivity contribution is 9.11. The van der Waals surface area contributed by atoms with Gasteiger partial charge in [-0.15, -0.1) is 22.7 Å². The van der Waals surface area contributed by atoms with E-state index in [1.165, 1.54) is 18.6 Å². The Labute approximate surface area is 182 Å². The zero-order valence-corrected chi connectivity index (χ0v) is 19.1. The van der Waals surface area contributed by atoms with Crippen LogP contribution >= 0.6 is 70.5 Å². The molecule has 4 aromatic rings. The predicted molar refractivity (Wildman–Crippen MR) is 114 cm³/mol. The lowest BCUT2D eigenvalue weighted by Crippen LogP contribution is -2.27. The lowest BCUT2D eigenvalue weighted by molar-refractivity contribution is 0.425. The maximum Gasteiger partial charge on any atom is 0.491 e. The third-order valence-electron chi connectivity index (χ3n) is 2.53. The number of halogens is 3. The van der Waals surface area contributed by atoms with Crippen LogP contribution in [0, 0.1) is 0 Å². The average Bonchev–Trinajstić information content (AvgIpc) is 3.37. The summed E-state index contributed by atoms with van der Waals surface area (Å²) < 4.78 is 12.2. The molecule has 4 heterocycles. The summed E-state index contributed by atoms with van der Waals surface area (Å²) in [5.74, 6) is 0. The van der Waals surface area contributed by atoms with Gasteiger partial charge in [-0.05, 0) is 59.9 Å². The Kier molecular flexibility index (Phi) is 9.26. The van der Waals surface area contributed by atoms with E-state index in [1.54, 1.807) is 35.2 Å². The molecule has 0 saturated carbocycles. The fourth-order valence-corrected chi connectivity index (χ4v) is 4.35. The summed E-state index contributed by atoms with van der Waals surface area (Å²) in [6.45, 7) is 0. The highest BCUT2D eigenvalue weighted by atomic mass is 79.9. The summed E-state index contributed by atoms with van der Waals surface area (Å²) in [5, 5.41) is 21.7. The summed E-state index contributed by atoms with van der Waals surface area (Å²) in [5.41, 5.74) is 1.41. The lowest BCUT2D eigenvalue weighted by Gasteiger charge is -1.86. The second-order valence-corrected chi connectivity index (χ2v) is 8.96. The number of furan rings is 2. The van der Waals surface area contributed by atoms with Gasteiger partial charge < -0.3 is 18.9 Å². The molecule has 0 unspecified atom stereocenters. The van der Waals surface area contributed by atoms with Crippen LogP contribution in [0.4, 0.5) is 0 Å². The van der Waals surface area contributed by atoms with Crippen molar-refractivity contribution in [2.75, 3.05) is 0 Å². The van der Waals surface area contributed by atoms with Gasteiger partial charge in [0, 0.05) is 21.8 Å². The van der Waals surface area contributed by atoms with Gasteiger partial charge in [0.2, 0.25) is 0 Å². The van der Waals surface area contributed by atoms with Gasteiger partial charge >= 0.3 is 7.12 Å². The summed E-state index contributed by atoms with van der Waals surface area (Å²) in [6, 6.07) is 3.38. The predicted octanol–water partition coefficient (Wildman–Crippen LogP) is 4.79.